The lowest BCUT2D eigenvalue weighted by Gasteiger charge is -2.57. The van der Waals surface area contributed by atoms with Crippen molar-refractivity contribution in [3.63, 3.8) is 0 Å². The Bertz CT molecular complexity index is 502. The molecule has 4 saturated carbocycles. The Morgan fingerprint density at radius 3 is 1.84 bits per heavy atom. The zero-order valence-corrected chi connectivity index (χ0v) is 15.9. The van der Waals surface area contributed by atoms with E-state index in [1.807, 2.05) is 23.9 Å². The van der Waals surface area contributed by atoms with Crippen molar-refractivity contribution < 1.29 is 9.59 Å². The van der Waals surface area contributed by atoms with E-state index in [0.717, 1.165) is 56.7 Å². The first-order valence-corrected chi connectivity index (χ1v) is 10.2. The van der Waals surface area contributed by atoms with Gasteiger partial charge in [0.05, 0.1) is 5.41 Å². The Hall–Kier alpha value is -1.10. The second-order valence-electron chi connectivity index (χ2n) is 9.42. The van der Waals surface area contributed by atoms with Crippen LogP contribution in [0.1, 0.15) is 44.9 Å². The maximum absolute atomic E-state index is 13.4. The van der Waals surface area contributed by atoms with Crippen LogP contribution in [-0.4, -0.2) is 73.3 Å². The minimum Gasteiger partial charge on any atom is -0.339 e. The molecule has 5 nitrogen and oxygen atoms in total. The van der Waals surface area contributed by atoms with Crippen LogP contribution in [0.4, 0.5) is 0 Å². The van der Waals surface area contributed by atoms with Crippen molar-refractivity contribution in [3.05, 3.63) is 0 Å². The summed E-state index contributed by atoms with van der Waals surface area (Å²) in [6.07, 6.45) is 8.12. The summed E-state index contributed by atoms with van der Waals surface area (Å²) in [4.78, 5) is 31.7. The van der Waals surface area contributed by atoms with Gasteiger partial charge in [-0.2, -0.15) is 0 Å². The molecule has 0 aromatic carbocycles. The van der Waals surface area contributed by atoms with Gasteiger partial charge in [0.25, 0.3) is 0 Å². The van der Waals surface area contributed by atoms with E-state index < -0.39 is 0 Å². The normalized spacial score (nSPS) is 37.0. The van der Waals surface area contributed by atoms with Gasteiger partial charge >= 0.3 is 0 Å². The number of rotatable bonds is 4. The van der Waals surface area contributed by atoms with Gasteiger partial charge in [0.2, 0.25) is 11.8 Å². The molecule has 0 spiro atoms. The molecule has 5 heteroatoms. The van der Waals surface area contributed by atoms with Crippen molar-refractivity contribution >= 4 is 11.8 Å². The summed E-state index contributed by atoms with van der Waals surface area (Å²) >= 11 is 0. The van der Waals surface area contributed by atoms with Crippen molar-refractivity contribution in [2.75, 3.05) is 46.8 Å². The van der Waals surface area contributed by atoms with E-state index in [0.29, 0.717) is 25.4 Å². The van der Waals surface area contributed by atoms with Gasteiger partial charge in [0, 0.05) is 39.1 Å². The molecule has 1 aliphatic heterocycles. The van der Waals surface area contributed by atoms with E-state index in [9.17, 15) is 9.59 Å². The molecule has 1 heterocycles. The third-order valence-electron chi connectivity index (χ3n) is 7.18. The highest BCUT2D eigenvalue weighted by atomic mass is 16.2. The van der Waals surface area contributed by atoms with Gasteiger partial charge in [0.15, 0.2) is 0 Å². The maximum atomic E-state index is 13.4. The fourth-order valence-corrected chi connectivity index (χ4v) is 6.34. The Morgan fingerprint density at radius 2 is 1.36 bits per heavy atom. The largest absolute Gasteiger partial charge is 0.339 e. The molecule has 0 radical (unpaired) electrons. The van der Waals surface area contributed by atoms with Gasteiger partial charge in [-0.3, -0.25) is 9.59 Å². The summed E-state index contributed by atoms with van der Waals surface area (Å²) in [6, 6.07) is 0. The van der Waals surface area contributed by atoms with Crippen LogP contribution in [0.25, 0.3) is 0 Å². The standard InChI is InChI=1S/C20H33N3O2/c1-21(2)4-3-18(24)22-5-7-23(8-6-22)19(25)20-12-15-9-16(13-20)11-17(10-15)14-20/h15-17H,3-14H2,1-2H3. The van der Waals surface area contributed by atoms with Crippen LogP contribution >= 0.6 is 0 Å². The molecule has 140 valence electrons. The van der Waals surface area contributed by atoms with E-state index in [1.54, 1.807) is 0 Å². The molecule has 2 amide bonds. The van der Waals surface area contributed by atoms with Crippen molar-refractivity contribution in [1.29, 1.82) is 0 Å². The van der Waals surface area contributed by atoms with E-state index in [-0.39, 0.29) is 11.3 Å². The second kappa shape index (κ2) is 6.57. The van der Waals surface area contributed by atoms with E-state index in [2.05, 4.69) is 4.90 Å². The zero-order chi connectivity index (χ0) is 17.6. The van der Waals surface area contributed by atoms with Crippen LogP contribution in [-0.2, 0) is 9.59 Å². The Labute approximate surface area is 151 Å². The molecule has 0 N–H and O–H groups in total. The fraction of sp³-hybridized carbons (Fsp3) is 0.900. The Balaban J connectivity index is 1.33. The molecule has 0 unspecified atom stereocenters. The molecule has 5 aliphatic rings. The molecule has 5 rings (SSSR count). The number of amides is 2. The third-order valence-corrected chi connectivity index (χ3v) is 7.18. The van der Waals surface area contributed by atoms with E-state index in [4.69, 9.17) is 0 Å². The number of carbonyl (C=O) groups excluding carboxylic acids is 2. The van der Waals surface area contributed by atoms with Crippen molar-refractivity contribution in [2.24, 2.45) is 23.2 Å². The molecular formula is C20H33N3O2. The summed E-state index contributed by atoms with van der Waals surface area (Å²) in [7, 11) is 3.99. The van der Waals surface area contributed by atoms with Gasteiger partial charge in [0.1, 0.15) is 0 Å². The summed E-state index contributed by atoms with van der Waals surface area (Å²) in [5.41, 5.74) is -0.0359. The number of hydrogen-bond donors (Lipinski definition) is 0. The maximum Gasteiger partial charge on any atom is 0.228 e. The Morgan fingerprint density at radius 1 is 0.880 bits per heavy atom. The average Bonchev–Trinajstić information content (AvgIpc) is 2.58. The van der Waals surface area contributed by atoms with Gasteiger partial charge in [-0.05, 0) is 70.4 Å². The quantitative estimate of drug-likeness (QED) is 0.779. The minimum atomic E-state index is -0.0359. The highest BCUT2D eigenvalue weighted by molar-refractivity contribution is 5.84. The van der Waals surface area contributed by atoms with Gasteiger partial charge in [-0.15, -0.1) is 0 Å². The topological polar surface area (TPSA) is 43.9 Å². The summed E-state index contributed by atoms with van der Waals surface area (Å²) in [6.45, 7) is 3.68. The van der Waals surface area contributed by atoms with Crippen LogP contribution in [0, 0.1) is 23.2 Å². The smallest absolute Gasteiger partial charge is 0.228 e. The molecule has 25 heavy (non-hydrogen) atoms. The predicted octanol–water partition coefficient (Wildman–Crippen LogP) is 1.83. The van der Waals surface area contributed by atoms with E-state index in [1.165, 1.54) is 19.3 Å². The molecule has 4 bridgehead atoms. The number of nitrogens with zero attached hydrogens (tertiary/aromatic N) is 3. The summed E-state index contributed by atoms with van der Waals surface area (Å²) in [5, 5.41) is 0. The third kappa shape index (κ3) is 3.32. The molecule has 5 fully saturated rings. The monoisotopic (exact) mass is 347 g/mol. The lowest BCUT2D eigenvalue weighted by atomic mass is 9.49. The van der Waals surface area contributed by atoms with Crippen LogP contribution in [0.3, 0.4) is 0 Å². The molecular weight excluding hydrogens is 314 g/mol. The lowest BCUT2D eigenvalue weighted by molar-refractivity contribution is -0.160. The minimum absolute atomic E-state index is 0.0359. The van der Waals surface area contributed by atoms with Crippen LogP contribution < -0.4 is 0 Å². The average molecular weight is 348 g/mol. The summed E-state index contributed by atoms with van der Waals surface area (Å²) in [5.74, 6) is 3.08. The van der Waals surface area contributed by atoms with Crippen molar-refractivity contribution in [3.8, 4) is 0 Å². The first kappa shape index (κ1) is 17.3. The second-order valence-corrected chi connectivity index (χ2v) is 9.42. The van der Waals surface area contributed by atoms with Crippen LogP contribution in [0.5, 0.6) is 0 Å². The molecule has 4 aliphatic carbocycles. The fourth-order valence-electron chi connectivity index (χ4n) is 6.34. The molecule has 0 aromatic rings. The van der Waals surface area contributed by atoms with Gasteiger partial charge < -0.3 is 14.7 Å². The first-order valence-electron chi connectivity index (χ1n) is 10.2. The molecule has 0 aromatic heterocycles. The number of carbonyl (C=O) groups is 2. The Kier molecular flexibility index (Phi) is 4.55. The molecule has 0 atom stereocenters. The lowest BCUT2D eigenvalue weighted by Crippen LogP contribution is -2.58. The van der Waals surface area contributed by atoms with E-state index >= 15 is 0 Å². The highest BCUT2D eigenvalue weighted by Crippen LogP contribution is 2.60. The van der Waals surface area contributed by atoms with Crippen molar-refractivity contribution in [2.45, 2.75) is 44.9 Å². The van der Waals surface area contributed by atoms with Gasteiger partial charge in [-0.1, -0.05) is 0 Å². The zero-order valence-electron chi connectivity index (χ0n) is 15.9. The van der Waals surface area contributed by atoms with Crippen molar-refractivity contribution in [1.82, 2.24) is 14.7 Å². The molecule has 1 saturated heterocycles. The SMILES string of the molecule is CN(C)CCC(=O)N1CCN(C(=O)C23CC4CC(CC(C4)C2)C3)CC1. The number of piperazine rings is 1. The van der Waals surface area contributed by atoms with Gasteiger partial charge in [-0.25, -0.2) is 0 Å². The van der Waals surface area contributed by atoms with Crippen LogP contribution in [0.2, 0.25) is 0 Å². The number of hydrogen-bond acceptors (Lipinski definition) is 3. The first-order chi connectivity index (χ1) is 11.9. The summed E-state index contributed by atoms with van der Waals surface area (Å²) < 4.78 is 0. The predicted molar refractivity (Wildman–Crippen MR) is 96.9 cm³/mol. The highest BCUT2D eigenvalue weighted by Gasteiger charge is 2.55. The van der Waals surface area contributed by atoms with Crippen LogP contribution in [0.15, 0.2) is 0 Å².